The van der Waals surface area contributed by atoms with Gasteiger partial charge in [0.15, 0.2) is 12.6 Å². The Morgan fingerprint density at radius 2 is 1.48 bits per heavy atom. The summed E-state index contributed by atoms with van der Waals surface area (Å²) in [7, 11) is 0. The van der Waals surface area contributed by atoms with E-state index in [0.29, 0.717) is 4.48 Å². The summed E-state index contributed by atoms with van der Waals surface area (Å²) >= 11 is 0. The fourth-order valence-corrected chi connectivity index (χ4v) is 3.59. The average molecular weight is 352 g/mol. The Kier molecular flexibility index (Phi) is 13.0. The normalized spacial score (nSPS) is 21.4. The van der Waals surface area contributed by atoms with Gasteiger partial charge in [-0.2, -0.15) is 0 Å². The van der Waals surface area contributed by atoms with Gasteiger partial charge in [0.25, 0.3) is 0 Å². The molecule has 0 bridgehead atoms. The highest BCUT2D eigenvalue weighted by Crippen LogP contribution is 2.15. The molecule has 1 aliphatic heterocycles. The van der Waals surface area contributed by atoms with Gasteiger partial charge in [-0.25, -0.2) is 4.99 Å². The third kappa shape index (κ3) is 10.2. The lowest BCUT2D eigenvalue weighted by Crippen LogP contribution is -2.52. The highest BCUT2D eigenvalue weighted by Gasteiger charge is 2.32. The molecule has 1 aliphatic rings. The Morgan fingerprint density at radius 1 is 0.920 bits per heavy atom. The number of quaternary nitrogens is 1. The Labute approximate surface area is 156 Å². The zero-order valence-electron chi connectivity index (χ0n) is 17.0. The van der Waals surface area contributed by atoms with Gasteiger partial charge in [0, 0.05) is 6.92 Å². The van der Waals surface area contributed by atoms with Crippen molar-refractivity contribution in [1.82, 2.24) is 0 Å². The lowest BCUT2D eigenvalue weighted by Gasteiger charge is -2.31. The van der Waals surface area contributed by atoms with Crippen molar-refractivity contribution in [1.29, 1.82) is 0 Å². The fraction of sp³-hybridized carbons (Fsp3) is 0.864. The topological polar surface area (TPSA) is 32.6 Å². The summed E-state index contributed by atoms with van der Waals surface area (Å²) in [4.78, 5) is 4.30. The summed E-state index contributed by atoms with van der Waals surface area (Å²) in [5.74, 6) is 0. The number of hydrogen-bond donors (Lipinski definition) is 1. The van der Waals surface area contributed by atoms with E-state index in [1.165, 1.54) is 83.5 Å². The van der Waals surface area contributed by atoms with E-state index in [0.717, 1.165) is 19.6 Å². The second-order valence-corrected chi connectivity index (χ2v) is 7.81. The van der Waals surface area contributed by atoms with Crippen LogP contribution in [0.2, 0.25) is 0 Å². The number of aliphatic imine (C=N–C) groups is 1. The Hall–Kier alpha value is -0.670. The van der Waals surface area contributed by atoms with E-state index >= 15 is 0 Å². The predicted molar refractivity (Wildman–Crippen MR) is 110 cm³/mol. The number of aliphatic hydroxyl groups is 1. The van der Waals surface area contributed by atoms with Crippen molar-refractivity contribution in [3.05, 3.63) is 12.2 Å². The molecule has 25 heavy (non-hydrogen) atoms. The molecule has 0 spiro atoms. The van der Waals surface area contributed by atoms with E-state index in [1.807, 2.05) is 13.3 Å². The van der Waals surface area contributed by atoms with Crippen LogP contribution in [-0.2, 0) is 0 Å². The number of aliphatic hydroxyl groups excluding tert-OH is 1. The largest absolute Gasteiger partial charge is 0.345 e. The third-order valence-electron chi connectivity index (χ3n) is 5.54. The van der Waals surface area contributed by atoms with Crippen molar-refractivity contribution in [2.24, 2.45) is 4.99 Å². The lowest BCUT2D eigenvalue weighted by atomic mass is 10.0. The SMILES string of the molecule is CCCCCCCCCCCCCCC=CC[N+]1(C(C)O)C=NCC1. The van der Waals surface area contributed by atoms with Crippen LogP contribution in [0.3, 0.4) is 0 Å². The number of rotatable bonds is 16. The predicted octanol–water partition coefficient (Wildman–Crippen LogP) is 5.83. The molecule has 0 saturated carbocycles. The van der Waals surface area contributed by atoms with Gasteiger partial charge < -0.3 is 5.11 Å². The first-order valence-corrected chi connectivity index (χ1v) is 10.9. The van der Waals surface area contributed by atoms with Gasteiger partial charge in [-0.1, -0.05) is 83.6 Å². The highest BCUT2D eigenvalue weighted by atomic mass is 16.3. The van der Waals surface area contributed by atoms with Gasteiger partial charge in [0.2, 0.25) is 0 Å². The molecule has 1 N–H and O–H groups in total. The molecule has 0 aromatic heterocycles. The molecule has 0 saturated heterocycles. The third-order valence-corrected chi connectivity index (χ3v) is 5.54. The molecule has 0 radical (unpaired) electrons. The smallest absolute Gasteiger partial charge is 0.193 e. The summed E-state index contributed by atoms with van der Waals surface area (Å²) in [6.07, 6.45) is 24.2. The average Bonchev–Trinajstić information content (AvgIpc) is 3.08. The van der Waals surface area contributed by atoms with Gasteiger partial charge in [0.05, 0.1) is 6.54 Å². The molecule has 0 fully saturated rings. The number of hydrogen-bond acceptors (Lipinski definition) is 2. The van der Waals surface area contributed by atoms with E-state index < -0.39 is 0 Å². The molecule has 3 heteroatoms. The van der Waals surface area contributed by atoms with Crippen LogP contribution in [0.15, 0.2) is 17.1 Å². The van der Waals surface area contributed by atoms with Gasteiger partial charge in [-0.3, -0.25) is 4.48 Å². The van der Waals surface area contributed by atoms with Crippen molar-refractivity contribution in [3.8, 4) is 0 Å². The van der Waals surface area contributed by atoms with E-state index in [1.54, 1.807) is 0 Å². The van der Waals surface area contributed by atoms with Gasteiger partial charge >= 0.3 is 0 Å². The molecule has 146 valence electrons. The number of allylic oxidation sites excluding steroid dienone is 1. The van der Waals surface area contributed by atoms with E-state index in [4.69, 9.17) is 0 Å². The Morgan fingerprint density at radius 3 is 1.96 bits per heavy atom. The maximum atomic E-state index is 9.96. The summed E-state index contributed by atoms with van der Waals surface area (Å²) in [5, 5.41) is 9.96. The zero-order chi connectivity index (χ0) is 18.2. The maximum absolute atomic E-state index is 9.96. The summed E-state index contributed by atoms with van der Waals surface area (Å²) in [6.45, 7) is 6.80. The Balaban J connectivity index is 1.88. The van der Waals surface area contributed by atoms with Crippen LogP contribution in [0.4, 0.5) is 0 Å². The van der Waals surface area contributed by atoms with E-state index in [-0.39, 0.29) is 6.23 Å². The van der Waals surface area contributed by atoms with Gasteiger partial charge in [0.1, 0.15) is 13.1 Å². The van der Waals surface area contributed by atoms with Crippen molar-refractivity contribution in [3.63, 3.8) is 0 Å². The second kappa shape index (κ2) is 14.5. The van der Waals surface area contributed by atoms with Crippen LogP contribution < -0.4 is 0 Å². The molecular formula is C22H43N2O+. The highest BCUT2D eigenvalue weighted by molar-refractivity contribution is 5.48. The quantitative estimate of drug-likeness (QED) is 0.212. The van der Waals surface area contributed by atoms with Crippen molar-refractivity contribution < 1.29 is 9.59 Å². The maximum Gasteiger partial charge on any atom is 0.193 e. The molecule has 1 heterocycles. The molecular weight excluding hydrogens is 308 g/mol. The minimum absolute atomic E-state index is 0.359. The van der Waals surface area contributed by atoms with Crippen LogP contribution >= 0.6 is 0 Å². The second-order valence-electron chi connectivity index (χ2n) is 7.81. The molecule has 0 aromatic carbocycles. The van der Waals surface area contributed by atoms with E-state index in [9.17, 15) is 5.11 Å². The lowest BCUT2D eigenvalue weighted by molar-refractivity contribution is -0.871. The van der Waals surface area contributed by atoms with Crippen LogP contribution in [0, 0.1) is 0 Å². The van der Waals surface area contributed by atoms with Gasteiger partial charge in [-0.15, -0.1) is 0 Å². The number of nitrogens with zero attached hydrogens (tertiary/aromatic N) is 2. The monoisotopic (exact) mass is 351 g/mol. The van der Waals surface area contributed by atoms with Crippen LogP contribution in [0.1, 0.15) is 97.3 Å². The number of unbranched alkanes of at least 4 members (excludes halogenated alkanes) is 12. The van der Waals surface area contributed by atoms with Crippen molar-refractivity contribution >= 4 is 6.34 Å². The summed E-state index contributed by atoms with van der Waals surface area (Å²) in [5.41, 5.74) is 0. The molecule has 1 rings (SSSR count). The van der Waals surface area contributed by atoms with E-state index in [2.05, 4.69) is 24.1 Å². The fourth-order valence-electron chi connectivity index (χ4n) is 3.59. The molecule has 0 aliphatic carbocycles. The molecule has 2 unspecified atom stereocenters. The minimum Gasteiger partial charge on any atom is -0.345 e. The minimum atomic E-state index is -0.359. The summed E-state index contributed by atoms with van der Waals surface area (Å²) in [6, 6.07) is 0. The Bertz CT molecular complexity index is 365. The van der Waals surface area contributed by atoms with Crippen molar-refractivity contribution in [2.75, 3.05) is 19.6 Å². The zero-order valence-corrected chi connectivity index (χ0v) is 17.0. The molecule has 2 atom stereocenters. The summed E-state index contributed by atoms with van der Waals surface area (Å²) < 4.78 is 0.606. The van der Waals surface area contributed by atoms with Gasteiger partial charge in [-0.05, 0) is 18.9 Å². The molecule has 0 amide bonds. The molecule has 3 nitrogen and oxygen atoms in total. The van der Waals surface area contributed by atoms with Crippen molar-refractivity contribution in [2.45, 2.75) is 104 Å². The first kappa shape index (κ1) is 22.4. The standard InChI is InChI=1S/C22H43N2O/c1-3-4-5-6-7-8-9-10-11-12-13-14-15-16-17-19-24(22(2)25)20-18-23-21-24/h16-17,21-22,25H,3-15,18-20H2,1-2H3/q+1. The molecule has 0 aromatic rings. The first-order valence-electron chi connectivity index (χ1n) is 10.9. The van der Waals surface area contributed by atoms with Crippen LogP contribution in [0.5, 0.6) is 0 Å². The van der Waals surface area contributed by atoms with Crippen LogP contribution in [-0.4, -0.2) is 41.8 Å². The van der Waals surface area contributed by atoms with Crippen LogP contribution in [0.25, 0.3) is 0 Å². The first-order chi connectivity index (χ1) is 12.2.